The highest BCUT2D eigenvalue weighted by Gasteiger charge is 2.49. The van der Waals surface area contributed by atoms with Gasteiger partial charge in [-0.15, -0.1) is 0 Å². The number of aromatic nitrogens is 2. The van der Waals surface area contributed by atoms with Crippen LogP contribution in [-0.4, -0.2) is 59.0 Å². The molecule has 7 heteroatoms. The summed E-state index contributed by atoms with van der Waals surface area (Å²) in [7, 11) is 0. The minimum Gasteiger partial charge on any atom is -0.368 e. The molecule has 1 aromatic rings. The SMILES string of the molecule is O=C([C@@H]1CCCO1)N1CCC2(CC(=O)N(c3cncnc3)C2)C1. The largest absolute Gasteiger partial charge is 0.368 e. The second-order valence-corrected chi connectivity index (χ2v) is 6.76. The molecular weight excluding hydrogens is 296 g/mol. The summed E-state index contributed by atoms with van der Waals surface area (Å²) in [6.07, 6.45) is 7.61. The van der Waals surface area contributed by atoms with Crippen molar-refractivity contribution in [3.63, 3.8) is 0 Å². The maximum absolute atomic E-state index is 12.5. The van der Waals surface area contributed by atoms with Gasteiger partial charge in [0, 0.05) is 38.1 Å². The molecule has 1 spiro atoms. The van der Waals surface area contributed by atoms with E-state index in [9.17, 15) is 9.59 Å². The molecule has 3 aliphatic heterocycles. The summed E-state index contributed by atoms with van der Waals surface area (Å²) in [5.41, 5.74) is 0.597. The van der Waals surface area contributed by atoms with Crippen molar-refractivity contribution in [3.8, 4) is 0 Å². The first-order valence-corrected chi connectivity index (χ1v) is 8.13. The van der Waals surface area contributed by atoms with E-state index >= 15 is 0 Å². The molecule has 3 fully saturated rings. The molecule has 0 saturated carbocycles. The van der Waals surface area contributed by atoms with E-state index in [4.69, 9.17) is 4.74 Å². The van der Waals surface area contributed by atoms with Crippen molar-refractivity contribution >= 4 is 17.5 Å². The van der Waals surface area contributed by atoms with Crippen molar-refractivity contribution in [1.29, 1.82) is 0 Å². The van der Waals surface area contributed by atoms with Crippen LogP contribution in [-0.2, 0) is 14.3 Å². The summed E-state index contributed by atoms with van der Waals surface area (Å²) in [5.74, 6) is 0.180. The Balaban J connectivity index is 1.46. The van der Waals surface area contributed by atoms with Crippen molar-refractivity contribution in [1.82, 2.24) is 14.9 Å². The summed E-state index contributed by atoms with van der Waals surface area (Å²) >= 11 is 0. The zero-order valence-electron chi connectivity index (χ0n) is 13.0. The van der Waals surface area contributed by atoms with Crippen LogP contribution < -0.4 is 4.90 Å². The monoisotopic (exact) mass is 316 g/mol. The van der Waals surface area contributed by atoms with E-state index in [1.54, 1.807) is 17.3 Å². The van der Waals surface area contributed by atoms with Gasteiger partial charge in [0.05, 0.1) is 18.1 Å². The molecule has 2 amide bonds. The van der Waals surface area contributed by atoms with Gasteiger partial charge in [-0.3, -0.25) is 9.59 Å². The Bertz CT molecular complexity index is 617. The van der Waals surface area contributed by atoms with Gasteiger partial charge in [0.15, 0.2) is 0 Å². The van der Waals surface area contributed by atoms with Crippen molar-refractivity contribution in [2.45, 2.75) is 31.8 Å². The van der Waals surface area contributed by atoms with Crippen molar-refractivity contribution in [2.24, 2.45) is 5.41 Å². The lowest BCUT2D eigenvalue weighted by molar-refractivity contribution is -0.140. The maximum Gasteiger partial charge on any atom is 0.251 e. The summed E-state index contributed by atoms with van der Waals surface area (Å²) in [5, 5.41) is 0. The minimum absolute atomic E-state index is 0.0891. The van der Waals surface area contributed by atoms with E-state index < -0.39 is 0 Å². The van der Waals surface area contributed by atoms with Gasteiger partial charge in [-0.1, -0.05) is 0 Å². The first kappa shape index (κ1) is 14.6. The zero-order valence-corrected chi connectivity index (χ0v) is 13.0. The van der Waals surface area contributed by atoms with Gasteiger partial charge in [-0.25, -0.2) is 9.97 Å². The number of nitrogens with zero attached hydrogens (tertiary/aromatic N) is 4. The quantitative estimate of drug-likeness (QED) is 0.799. The third kappa shape index (κ3) is 2.59. The predicted molar refractivity (Wildman–Crippen MR) is 81.6 cm³/mol. The highest BCUT2D eigenvalue weighted by Crippen LogP contribution is 2.42. The summed E-state index contributed by atoms with van der Waals surface area (Å²) < 4.78 is 5.50. The Kier molecular flexibility index (Phi) is 3.52. The van der Waals surface area contributed by atoms with E-state index in [1.165, 1.54) is 6.33 Å². The van der Waals surface area contributed by atoms with Crippen molar-refractivity contribution in [2.75, 3.05) is 31.1 Å². The van der Waals surface area contributed by atoms with Gasteiger partial charge in [0.25, 0.3) is 5.91 Å². The molecule has 1 aromatic heterocycles. The van der Waals surface area contributed by atoms with Crippen LogP contribution in [0.15, 0.2) is 18.7 Å². The first-order valence-electron chi connectivity index (χ1n) is 8.13. The van der Waals surface area contributed by atoms with Crippen LogP contribution >= 0.6 is 0 Å². The number of rotatable bonds is 2. The lowest BCUT2D eigenvalue weighted by Crippen LogP contribution is -2.39. The summed E-state index contributed by atoms with van der Waals surface area (Å²) in [4.78, 5) is 36.5. The molecule has 23 heavy (non-hydrogen) atoms. The van der Waals surface area contributed by atoms with Crippen molar-refractivity contribution in [3.05, 3.63) is 18.7 Å². The average molecular weight is 316 g/mol. The molecule has 1 unspecified atom stereocenters. The topological polar surface area (TPSA) is 75.6 Å². The fraction of sp³-hybridized carbons (Fsp3) is 0.625. The number of anilines is 1. The molecule has 0 N–H and O–H groups in total. The fourth-order valence-electron chi connectivity index (χ4n) is 3.93. The number of likely N-dealkylation sites (tertiary alicyclic amines) is 1. The molecule has 3 aliphatic rings. The minimum atomic E-state index is -0.277. The second kappa shape index (κ2) is 5.56. The van der Waals surface area contributed by atoms with Gasteiger partial charge >= 0.3 is 0 Å². The average Bonchev–Trinajstić information content (AvgIpc) is 3.29. The summed E-state index contributed by atoms with van der Waals surface area (Å²) in [6.45, 7) is 2.66. The second-order valence-electron chi connectivity index (χ2n) is 6.76. The van der Waals surface area contributed by atoms with Crippen LogP contribution in [0.4, 0.5) is 5.69 Å². The van der Waals surface area contributed by atoms with E-state index in [2.05, 4.69) is 9.97 Å². The van der Waals surface area contributed by atoms with Gasteiger partial charge < -0.3 is 14.5 Å². The lowest BCUT2D eigenvalue weighted by atomic mass is 9.86. The van der Waals surface area contributed by atoms with Gasteiger partial charge in [-0.2, -0.15) is 0 Å². The molecule has 0 bridgehead atoms. The van der Waals surface area contributed by atoms with Crippen LogP contribution in [0.2, 0.25) is 0 Å². The molecule has 0 aliphatic carbocycles. The molecular formula is C16H20N4O3. The van der Waals surface area contributed by atoms with Gasteiger partial charge in [0.2, 0.25) is 5.91 Å². The maximum atomic E-state index is 12.5. The third-order valence-corrected chi connectivity index (χ3v) is 5.13. The van der Waals surface area contributed by atoms with Crippen LogP contribution in [0.25, 0.3) is 0 Å². The number of carbonyl (C=O) groups excluding carboxylic acids is 2. The number of amides is 2. The van der Waals surface area contributed by atoms with E-state index in [0.29, 0.717) is 32.7 Å². The Morgan fingerprint density at radius 1 is 1.30 bits per heavy atom. The Labute approximate surface area is 134 Å². The normalized spacial score (nSPS) is 30.6. The Morgan fingerprint density at radius 2 is 2.13 bits per heavy atom. The molecule has 3 saturated heterocycles. The Hall–Kier alpha value is -2.02. The molecule has 122 valence electrons. The Morgan fingerprint density at radius 3 is 2.87 bits per heavy atom. The third-order valence-electron chi connectivity index (χ3n) is 5.13. The van der Waals surface area contributed by atoms with Crippen LogP contribution in [0.1, 0.15) is 25.7 Å². The highest BCUT2D eigenvalue weighted by atomic mass is 16.5. The van der Waals surface area contributed by atoms with Gasteiger partial charge in [0.1, 0.15) is 12.4 Å². The predicted octanol–water partition coefficient (Wildman–Crippen LogP) is 0.611. The van der Waals surface area contributed by atoms with E-state index in [0.717, 1.165) is 24.9 Å². The van der Waals surface area contributed by atoms with Crippen molar-refractivity contribution < 1.29 is 14.3 Å². The molecule has 0 aromatic carbocycles. The summed E-state index contributed by atoms with van der Waals surface area (Å²) in [6, 6.07) is 0. The zero-order chi connectivity index (χ0) is 15.9. The lowest BCUT2D eigenvalue weighted by Gasteiger charge is -2.25. The smallest absolute Gasteiger partial charge is 0.251 e. The first-order chi connectivity index (χ1) is 11.2. The van der Waals surface area contributed by atoms with E-state index in [1.807, 2.05) is 4.90 Å². The van der Waals surface area contributed by atoms with Gasteiger partial charge in [-0.05, 0) is 19.3 Å². The van der Waals surface area contributed by atoms with E-state index in [-0.39, 0.29) is 23.3 Å². The highest BCUT2D eigenvalue weighted by molar-refractivity contribution is 5.96. The standard InChI is InChI=1S/C16H20N4O3/c21-14-6-16(10-20(14)12-7-17-11-18-8-12)3-4-19(9-16)15(22)13-2-1-5-23-13/h7-8,11,13H,1-6,9-10H2/t13-,16?/m0/s1. The number of hydrogen-bond acceptors (Lipinski definition) is 5. The fourth-order valence-corrected chi connectivity index (χ4v) is 3.93. The van der Waals surface area contributed by atoms with Crippen LogP contribution in [0.3, 0.4) is 0 Å². The molecule has 4 rings (SSSR count). The number of carbonyl (C=O) groups is 2. The van der Waals surface area contributed by atoms with Crippen LogP contribution in [0.5, 0.6) is 0 Å². The van der Waals surface area contributed by atoms with Crippen LogP contribution in [0, 0.1) is 5.41 Å². The number of hydrogen-bond donors (Lipinski definition) is 0. The molecule has 7 nitrogen and oxygen atoms in total. The molecule has 4 heterocycles. The number of ether oxygens (including phenoxy) is 1. The molecule has 2 atom stereocenters. The molecule has 0 radical (unpaired) electrons.